The number of carbonyl (C=O) groups is 1. The first-order valence-electron chi connectivity index (χ1n) is 10.4. The Morgan fingerprint density at radius 2 is 2.13 bits per heavy atom. The highest BCUT2D eigenvalue weighted by Gasteiger charge is 2.20. The molecule has 0 spiro atoms. The predicted molar refractivity (Wildman–Crippen MR) is 120 cm³/mol. The van der Waals surface area contributed by atoms with Gasteiger partial charge >= 0.3 is 5.97 Å². The van der Waals surface area contributed by atoms with Crippen molar-refractivity contribution in [3.8, 4) is 6.07 Å². The van der Waals surface area contributed by atoms with Crippen LogP contribution in [0.15, 0.2) is 71.4 Å². The molecule has 1 aliphatic rings. The van der Waals surface area contributed by atoms with E-state index in [0.717, 1.165) is 24.9 Å². The van der Waals surface area contributed by atoms with Gasteiger partial charge in [-0.15, -0.1) is 0 Å². The largest absolute Gasteiger partial charge is 0.463 e. The molecule has 0 bridgehead atoms. The molecule has 1 heterocycles. The van der Waals surface area contributed by atoms with Crippen LogP contribution in [0.5, 0.6) is 0 Å². The van der Waals surface area contributed by atoms with Crippen LogP contribution in [0.3, 0.4) is 0 Å². The van der Waals surface area contributed by atoms with Gasteiger partial charge in [-0.25, -0.2) is 4.79 Å². The molecule has 154 valence electrons. The molecule has 2 aromatic carbocycles. The third-order valence-corrected chi connectivity index (χ3v) is 5.23. The molecule has 1 fully saturated rings. The van der Waals surface area contributed by atoms with Gasteiger partial charge in [0.25, 0.3) is 0 Å². The Morgan fingerprint density at radius 3 is 2.93 bits per heavy atom. The molecule has 5 heteroatoms. The highest BCUT2D eigenvalue weighted by molar-refractivity contribution is 5.87. The number of esters is 1. The van der Waals surface area contributed by atoms with Gasteiger partial charge in [-0.3, -0.25) is 4.99 Å². The zero-order valence-corrected chi connectivity index (χ0v) is 17.5. The maximum absolute atomic E-state index is 11.6. The number of ether oxygens (including phenoxy) is 1. The molecule has 3 rings (SSSR count). The van der Waals surface area contributed by atoms with E-state index in [-0.39, 0.29) is 18.1 Å². The van der Waals surface area contributed by atoms with E-state index < -0.39 is 0 Å². The number of hydrogen-bond acceptors (Lipinski definition) is 5. The van der Waals surface area contributed by atoms with Gasteiger partial charge in [0.2, 0.25) is 0 Å². The van der Waals surface area contributed by atoms with Crippen LogP contribution < -0.4 is 0 Å². The van der Waals surface area contributed by atoms with E-state index in [4.69, 9.17) is 4.74 Å². The Kier molecular flexibility index (Phi) is 7.40. The third kappa shape index (κ3) is 5.36. The van der Waals surface area contributed by atoms with Gasteiger partial charge in [0.15, 0.2) is 0 Å². The Labute approximate surface area is 178 Å². The summed E-state index contributed by atoms with van der Waals surface area (Å²) in [7, 11) is 0. The highest BCUT2D eigenvalue weighted by atomic mass is 16.5. The van der Waals surface area contributed by atoms with Crippen molar-refractivity contribution in [1.82, 2.24) is 4.90 Å². The zero-order chi connectivity index (χ0) is 21.3. The lowest BCUT2D eigenvalue weighted by atomic mass is 10.00. The van der Waals surface area contributed by atoms with Gasteiger partial charge in [-0.1, -0.05) is 48.5 Å². The van der Waals surface area contributed by atoms with Crippen LogP contribution in [0, 0.1) is 11.3 Å². The number of likely N-dealkylation sites (tertiary alicyclic amines) is 1. The number of benzene rings is 2. The highest BCUT2D eigenvalue weighted by Crippen LogP contribution is 2.26. The molecule has 1 saturated heterocycles. The third-order valence-electron chi connectivity index (χ3n) is 5.23. The van der Waals surface area contributed by atoms with Crippen LogP contribution >= 0.6 is 0 Å². The first kappa shape index (κ1) is 21.3. The fourth-order valence-corrected chi connectivity index (χ4v) is 3.72. The number of fused-ring (bicyclic) bond motifs is 1. The van der Waals surface area contributed by atoms with Crippen molar-refractivity contribution in [2.24, 2.45) is 4.99 Å². The standard InChI is InChI=1S/C25H27N3O2/c1-3-30-25(29)14-13-22-10-7-15-28(22)18-20(16-26)17-27-19(2)23-12-6-9-21-8-4-5-11-24(21)23/h4-6,8-9,11-14,17-19,22H,3,7,10,15H2,1-2H3/b14-13+,20-18+,27-17?/t19-,22+/m1/s1. The van der Waals surface area contributed by atoms with Crippen LogP contribution in [0.4, 0.5) is 0 Å². The van der Waals surface area contributed by atoms with Crippen LogP contribution in [0.25, 0.3) is 10.8 Å². The normalized spacial score (nSPS) is 18.2. The van der Waals surface area contributed by atoms with Crippen molar-refractivity contribution in [2.45, 2.75) is 38.8 Å². The quantitative estimate of drug-likeness (QED) is 0.285. The number of hydrogen-bond donors (Lipinski definition) is 0. The Bertz CT molecular complexity index is 1010. The number of rotatable bonds is 7. The first-order chi connectivity index (χ1) is 14.6. The average Bonchev–Trinajstić information content (AvgIpc) is 3.21. The van der Waals surface area contributed by atoms with Crippen LogP contribution in [-0.4, -0.2) is 36.3 Å². The summed E-state index contributed by atoms with van der Waals surface area (Å²) >= 11 is 0. The Hall–Kier alpha value is -3.39. The van der Waals surface area contributed by atoms with Gasteiger partial charge in [0.1, 0.15) is 6.07 Å². The lowest BCUT2D eigenvalue weighted by Gasteiger charge is -2.19. The van der Waals surface area contributed by atoms with Crippen LogP contribution in [0.1, 0.15) is 38.3 Å². The number of nitriles is 1. The van der Waals surface area contributed by atoms with E-state index in [1.807, 2.05) is 37.4 Å². The Morgan fingerprint density at radius 1 is 1.33 bits per heavy atom. The van der Waals surface area contributed by atoms with E-state index in [0.29, 0.717) is 12.2 Å². The monoisotopic (exact) mass is 401 g/mol. The maximum atomic E-state index is 11.6. The Balaban J connectivity index is 1.73. The minimum atomic E-state index is -0.334. The fraction of sp³-hybridized carbons (Fsp3) is 0.320. The van der Waals surface area contributed by atoms with E-state index in [9.17, 15) is 10.1 Å². The van der Waals surface area contributed by atoms with Gasteiger partial charge in [0.05, 0.1) is 18.2 Å². The molecular weight excluding hydrogens is 374 g/mol. The van der Waals surface area contributed by atoms with Crippen molar-refractivity contribution in [2.75, 3.05) is 13.2 Å². The molecular formula is C25H27N3O2. The van der Waals surface area contributed by atoms with E-state index >= 15 is 0 Å². The summed E-state index contributed by atoms with van der Waals surface area (Å²) in [6.07, 6.45) is 8.77. The molecule has 0 unspecified atom stereocenters. The maximum Gasteiger partial charge on any atom is 0.330 e. The summed E-state index contributed by atoms with van der Waals surface area (Å²) in [6, 6.07) is 16.7. The van der Waals surface area contributed by atoms with Crippen molar-refractivity contribution >= 4 is 23.0 Å². The smallest absolute Gasteiger partial charge is 0.330 e. The molecule has 0 amide bonds. The minimum Gasteiger partial charge on any atom is -0.463 e. The van der Waals surface area contributed by atoms with Gasteiger partial charge in [-0.05, 0) is 43.0 Å². The van der Waals surface area contributed by atoms with E-state index in [1.54, 1.807) is 13.1 Å². The van der Waals surface area contributed by atoms with Crippen molar-refractivity contribution < 1.29 is 9.53 Å². The number of allylic oxidation sites excluding steroid dienone is 1. The average molecular weight is 402 g/mol. The van der Waals surface area contributed by atoms with Gasteiger partial charge in [0, 0.05) is 31.1 Å². The topological polar surface area (TPSA) is 65.7 Å². The number of carbonyl (C=O) groups excluding carboxylic acids is 1. The SMILES string of the molecule is CCOC(=O)/C=C/[C@@H]1CCCN1/C=C(\C#N)C=N[C@H](C)c1cccc2ccccc12. The van der Waals surface area contributed by atoms with E-state index in [2.05, 4.69) is 40.2 Å². The predicted octanol–water partition coefficient (Wildman–Crippen LogP) is 4.96. The summed E-state index contributed by atoms with van der Waals surface area (Å²) in [5.41, 5.74) is 1.64. The molecule has 0 radical (unpaired) electrons. The molecule has 1 aliphatic heterocycles. The zero-order valence-electron chi connectivity index (χ0n) is 17.5. The lowest BCUT2D eigenvalue weighted by Crippen LogP contribution is -2.23. The summed E-state index contributed by atoms with van der Waals surface area (Å²) in [5, 5.41) is 11.9. The molecule has 0 saturated carbocycles. The van der Waals surface area contributed by atoms with E-state index in [1.165, 1.54) is 16.8 Å². The second kappa shape index (κ2) is 10.4. The molecule has 30 heavy (non-hydrogen) atoms. The summed E-state index contributed by atoms with van der Waals surface area (Å²) in [6.45, 7) is 5.03. The molecule has 5 nitrogen and oxygen atoms in total. The minimum absolute atomic E-state index is 0.0639. The van der Waals surface area contributed by atoms with Crippen LogP contribution in [0.2, 0.25) is 0 Å². The first-order valence-corrected chi connectivity index (χ1v) is 10.4. The molecule has 0 N–H and O–H groups in total. The van der Waals surface area contributed by atoms with Crippen molar-refractivity contribution in [3.63, 3.8) is 0 Å². The van der Waals surface area contributed by atoms with Crippen LogP contribution in [-0.2, 0) is 9.53 Å². The fourth-order valence-electron chi connectivity index (χ4n) is 3.72. The lowest BCUT2D eigenvalue weighted by molar-refractivity contribution is -0.137. The van der Waals surface area contributed by atoms with Crippen molar-refractivity contribution in [1.29, 1.82) is 5.26 Å². The van der Waals surface area contributed by atoms with Gasteiger partial charge in [-0.2, -0.15) is 5.26 Å². The molecule has 0 aromatic heterocycles. The second-order valence-corrected chi connectivity index (χ2v) is 7.28. The number of nitrogens with zero attached hydrogens (tertiary/aromatic N) is 3. The molecule has 0 aliphatic carbocycles. The van der Waals surface area contributed by atoms with Gasteiger partial charge < -0.3 is 9.64 Å². The number of aliphatic imine (C=N–C) groups is 1. The summed E-state index contributed by atoms with van der Waals surface area (Å²) in [4.78, 5) is 18.3. The second-order valence-electron chi connectivity index (χ2n) is 7.28. The summed E-state index contributed by atoms with van der Waals surface area (Å²) in [5.74, 6) is -0.334. The van der Waals surface area contributed by atoms with Crippen molar-refractivity contribution in [3.05, 3.63) is 72.0 Å². The summed E-state index contributed by atoms with van der Waals surface area (Å²) < 4.78 is 4.94. The molecule has 2 aromatic rings. The molecule has 2 atom stereocenters.